The summed E-state index contributed by atoms with van der Waals surface area (Å²) in [7, 11) is 1.67. The van der Waals surface area contributed by atoms with Gasteiger partial charge in [0.05, 0.1) is 12.0 Å². The molecule has 35 heavy (non-hydrogen) atoms. The van der Waals surface area contributed by atoms with Crippen LogP contribution in [-0.4, -0.2) is 46.9 Å². The van der Waals surface area contributed by atoms with E-state index in [1.807, 2.05) is 78.8 Å². The number of aliphatic carboxylic acids is 1. The molecule has 0 aromatic heterocycles. The van der Waals surface area contributed by atoms with Crippen LogP contribution in [0.2, 0.25) is 0 Å². The maximum Gasteiger partial charge on any atom is 0.331 e. The van der Waals surface area contributed by atoms with Crippen molar-refractivity contribution in [2.24, 2.45) is 17.3 Å². The van der Waals surface area contributed by atoms with E-state index in [2.05, 4.69) is 11.9 Å². The Balaban J connectivity index is 3.35. The molecule has 0 saturated heterocycles. The Labute approximate surface area is 211 Å². The lowest BCUT2D eigenvalue weighted by atomic mass is 9.71. The Bertz CT molecular complexity index is 926. The number of carboxylic acids is 1. The number of nitrogens with zero attached hydrogens (tertiary/aromatic N) is 1. The summed E-state index contributed by atoms with van der Waals surface area (Å²) in [4.78, 5) is 40.4. The minimum atomic E-state index is -1.02. The summed E-state index contributed by atoms with van der Waals surface area (Å²) in [6.45, 7) is 19.1. The van der Waals surface area contributed by atoms with E-state index in [-0.39, 0.29) is 23.3 Å². The predicted octanol–water partition coefficient (Wildman–Crippen LogP) is 5.20. The number of likely N-dealkylation sites (N-methyl/N-ethyl adjacent to an activating group) is 1. The number of allylic oxidation sites excluding steroid dienone is 1. The number of hydrogen-bond acceptors (Lipinski definition) is 3. The molecule has 2 amide bonds. The van der Waals surface area contributed by atoms with Crippen LogP contribution in [0, 0.1) is 17.3 Å². The highest BCUT2D eigenvalue weighted by Crippen LogP contribution is 2.35. The fourth-order valence-electron chi connectivity index (χ4n) is 4.29. The molecule has 0 fully saturated rings. The maximum absolute atomic E-state index is 13.7. The molecule has 0 aliphatic carbocycles. The van der Waals surface area contributed by atoms with E-state index in [0.717, 1.165) is 5.56 Å². The predicted molar refractivity (Wildman–Crippen MR) is 142 cm³/mol. The van der Waals surface area contributed by atoms with Crippen LogP contribution in [0.4, 0.5) is 0 Å². The average Bonchev–Trinajstić information content (AvgIpc) is 2.77. The van der Waals surface area contributed by atoms with E-state index in [1.165, 1.54) is 6.92 Å². The van der Waals surface area contributed by atoms with Crippen molar-refractivity contribution in [2.75, 3.05) is 7.05 Å². The second-order valence-electron chi connectivity index (χ2n) is 11.3. The number of hydrogen-bond donors (Lipinski definition) is 2. The second kappa shape index (κ2) is 12.2. The van der Waals surface area contributed by atoms with Crippen molar-refractivity contribution in [1.82, 2.24) is 10.2 Å². The van der Waals surface area contributed by atoms with Crippen molar-refractivity contribution in [3.8, 4) is 0 Å². The molecule has 0 saturated carbocycles. The van der Waals surface area contributed by atoms with Gasteiger partial charge in [-0.2, -0.15) is 0 Å². The highest BCUT2D eigenvalue weighted by atomic mass is 16.4. The van der Waals surface area contributed by atoms with E-state index in [9.17, 15) is 19.5 Å². The van der Waals surface area contributed by atoms with Gasteiger partial charge in [0.15, 0.2) is 0 Å². The van der Waals surface area contributed by atoms with Crippen molar-refractivity contribution < 1.29 is 19.5 Å². The van der Waals surface area contributed by atoms with Crippen LogP contribution >= 0.6 is 0 Å². The first-order valence-corrected chi connectivity index (χ1v) is 12.2. The Kier molecular flexibility index (Phi) is 10.5. The Morgan fingerprint density at radius 3 is 2.06 bits per heavy atom. The number of carbonyl (C=O) groups excluding carboxylic acids is 2. The first-order valence-electron chi connectivity index (χ1n) is 12.2. The number of rotatable bonds is 11. The zero-order valence-corrected chi connectivity index (χ0v) is 22.9. The summed E-state index contributed by atoms with van der Waals surface area (Å²) >= 11 is 0. The lowest BCUT2D eigenvalue weighted by molar-refractivity contribution is -0.141. The Morgan fingerprint density at radius 2 is 1.63 bits per heavy atom. The van der Waals surface area contributed by atoms with Crippen LogP contribution in [0.3, 0.4) is 0 Å². The van der Waals surface area contributed by atoms with Gasteiger partial charge in [0.2, 0.25) is 11.8 Å². The molecule has 6 heteroatoms. The smallest absolute Gasteiger partial charge is 0.331 e. The molecular formula is C29H44N2O4. The van der Waals surface area contributed by atoms with Gasteiger partial charge < -0.3 is 15.3 Å². The van der Waals surface area contributed by atoms with Gasteiger partial charge in [0.1, 0.15) is 6.04 Å². The van der Waals surface area contributed by atoms with Crippen LogP contribution in [0.15, 0.2) is 54.6 Å². The van der Waals surface area contributed by atoms with Gasteiger partial charge in [0.25, 0.3) is 0 Å². The third-order valence-electron chi connectivity index (χ3n) is 6.74. The number of amides is 2. The summed E-state index contributed by atoms with van der Waals surface area (Å²) < 4.78 is 0. The van der Waals surface area contributed by atoms with Crippen molar-refractivity contribution >= 4 is 17.8 Å². The fourth-order valence-corrected chi connectivity index (χ4v) is 4.29. The van der Waals surface area contributed by atoms with Gasteiger partial charge in [-0.1, -0.05) is 91.0 Å². The van der Waals surface area contributed by atoms with Gasteiger partial charge in [-0.05, 0) is 30.2 Å². The van der Waals surface area contributed by atoms with Gasteiger partial charge in [-0.15, -0.1) is 6.58 Å². The van der Waals surface area contributed by atoms with Gasteiger partial charge in [-0.3, -0.25) is 9.59 Å². The lowest BCUT2D eigenvalue weighted by Gasteiger charge is -2.39. The van der Waals surface area contributed by atoms with Crippen molar-refractivity contribution in [1.29, 1.82) is 0 Å². The van der Waals surface area contributed by atoms with Crippen LogP contribution in [0.1, 0.15) is 67.4 Å². The van der Waals surface area contributed by atoms with E-state index in [1.54, 1.807) is 24.1 Å². The summed E-state index contributed by atoms with van der Waals surface area (Å²) in [5.74, 6) is -1.93. The molecule has 2 N–H and O–H groups in total. The number of benzene rings is 1. The van der Waals surface area contributed by atoms with Crippen LogP contribution in [-0.2, 0) is 19.8 Å². The first kappa shape index (κ1) is 30.1. The van der Waals surface area contributed by atoms with E-state index < -0.39 is 34.8 Å². The number of nitrogens with one attached hydrogen (secondary N) is 1. The molecule has 0 aliphatic rings. The van der Waals surface area contributed by atoms with Gasteiger partial charge >= 0.3 is 5.97 Å². The molecule has 0 unspecified atom stereocenters. The minimum absolute atomic E-state index is 0.0138. The molecule has 1 aromatic rings. The molecule has 194 valence electrons. The molecular weight excluding hydrogens is 440 g/mol. The zero-order valence-electron chi connectivity index (χ0n) is 22.9. The van der Waals surface area contributed by atoms with Crippen LogP contribution in [0.5, 0.6) is 0 Å². The molecule has 0 heterocycles. The average molecular weight is 485 g/mol. The van der Waals surface area contributed by atoms with Crippen LogP contribution in [0.25, 0.3) is 0 Å². The zero-order chi connectivity index (χ0) is 27.1. The third-order valence-corrected chi connectivity index (χ3v) is 6.74. The molecule has 1 aromatic carbocycles. The molecule has 3 atom stereocenters. The summed E-state index contributed by atoms with van der Waals surface area (Å²) in [5.41, 5.74) is 0.157. The topological polar surface area (TPSA) is 86.7 Å². The first-order chi connectivity index (χ1) is 16.0. The molecule has 0 spiro atoms. The van der Waals surface area contributed by atoms with Crippen molar-refractivity contribution in [3.05, 3.63) is 60.2 Å². The summed E-state index contributed by atoms with van der Waals surface area (Å²) in [6.07, 6.45) is 3.80. The fraction of sp³-hybridized carbons (Fsp3) is 0.552. The number of carboxylic acid groups (broad SMARTS) is 1. The molecule has 6 nitrogen and oxygen atoms in total. The van der Waals surface area contributed by atoms with Gasteiger partial charge in [0, 0.05) is 18.0 Å². The Morgan fingerprint density at radius 1 is 1.09 bits per heavy atom. The lowest BCUT2D eigenvalue weighted by Crippen LogP contribution is -2.58. The normalized spacial score (nSPS) is 15.2. The molecule has 1 rings (SSSR count). The summed E-state index contributed by atoms with van der Waals surface area (Å²) in [6, 6.07) is 8.65. The molecule has 0 radical (unpaired) electrons. The van der Waals surface area contributed by atoms with Crippen LogP contribution < -0.4 is 5.32 Å². The Hall–Kier alpha value is -2.89. The highest BCUT2D eigenvalue weighted by Gasteiger charge is 2.41. The minimum Gasteiger partial charge on any atom is -0.478 e. The third kappa shape index (κ3) is 7.81. The standard InChI is InChI=1S/C29H44N2O4/c1-11-15-22(29(8,9)21-16-13-12-14-17-21)25(32)30-24(28(5,6)7)26(33)31(10)23(19(2)3)18-20(4)27(34)35/h11-14,16-19,22-24H,1,15H2,2-10H3,(H,30,32)(H,34,35)/b20-18+/t22-,23-,24-/m1/s1. The second-order valence-corrected chi connectivity index (χ2v) is 11.3. The van der Waals surface area contributed by atoms with Crippen molar-refractivity contribution in [3.63, 3.8) is 0 Å². The SMILES string of the molecule is C=CC[C@H](C(=O)N[C@H](C(=O)N(C)[C@H](/C=C(\C)C(=O)O)C(C)C)C(C)(C)C)C(C)(C)c1ccccc1. The van der Waals surface area contributed by atoms with Gasteiger partial charge in [-0.25, -0.2) is 4.79 Å². The van der Waals surface area contributed by atoms with E-state index >= 15 is 0 Å². The summed E-state index contributed by atoms with van der Waals surface area (Å²) in [5, 5.41) is 12.4. The van der Waals surface area contributed by atoms with E-state index in [0.29, 0.717) is 6.42 Å². The number of carbonyl (C=O) groups is 3. The molecule has 0 bridgehead atoms. The maximum atomic E-state index is 13.7. The largest absolute Gasteiger partial charge is 0.478 e. The van der Waals surface area contributed by atoms with E-state index in [4.69, 9.17) is 0 Å². The molecule has 0 aliphatic heterocycles. The van der Waals surface area contributed by atoms with Crippen molar-refractivity contribution in [2.45, 2.75) is 79.3 Å². The quantitative estimate of drug-likeness (QED) is 0.334. The highest BCUT2D eigenvalue weighted by molar-refractivity contribution is 5.90. The monoisotopic (exact) mass is 484 g/mol.